The van der Waals surface area contributed by atoms with Crippen LogP contribution in [0, 0.1) is 17.6 Å². The molecule has 2 aromatic carbocycles. The minimum atomic E-state index is -0.770. The van der Waals surface area contributed by atoms with Gasteiger partial charge in [-0.2, -0.15) is 0 Å². The van der Waals surface area contributed by atoms with E-state index in [0.717, 1.165) is 17.5 Å². The standard InChI is InChI=1S/C21H22F2N2O2/c1-13-2-7-21(27)24(10-13)11-16(26)12-25-19-5-3-14(22)8-17(19)18-9-15(23)4-6-20(18)25/h3-6,8-9,13,16,26H,2,7,10-12H2,1H3/t13-,16+/m0/s1. The summed E-state index contributed by atoms with van der Waals surface area (Å²) in [4.78, 5) is 13.8. The highest BCUT2D eigenvalue weighted by Crippen LogP contribution is 2.30. The van der Waals surface area contributed by atoms with Crippen LogP contribution in [0.3, 0.4) is 0 Å². The van der Waals surface area contributed by atoms with Crippen molar-refractivity contribution < 1.29 is 18.7 Å². The third-order valence-corrected chi connectivity index (χ3v) is 5.35. The summed E-state index contributed by atoms with van der Waals surface area (Å²) < 4.78 is 29.3. The number of hydrogen-bond acceptors (Lipinski definition) is 2. The number of carbonyl (C=O) groups is 1. The molecule has 2 atom stereocenters. The van der Waals surface area contributed by atoms with Crippen LogP contribution < -0.4 is 0 Å². The summed E-state index contributed by atoms with van der Waals surface area (Å²) in [6, 6.07) is 8.77. The van der Waals surface area contributed by atoms with Crippen LogP contribution in [0.25, 0.3) is 21.8 Å². The predicted octanol–water partition coefficient (Wildman–Crippen LogP) is 3.69. The zero-order valence-electron chi connectivity index (χ0n) is 15.2. The third kappa shape index (κ3) is 3.41. The van der Waals surface area contributed by atoms with Gasteiger partial charge in [0.05, 0.1) is 12.6 Å². The number of β-amino-alcohol motifs (C(OH)–C–C–N with tert-alkyl or cyclic N) is 1. The highest BCUT2D eigenvalue weighted by molar-refractivity contribution is 6.08. The quantitative estimate of drug-likeness (QED) is 0.759. The van der Waals surface area contributed by atoms with Crippen molar-refractivity contribution in [2.75, 3.05) is 13.1 Å². The maximum absolute atomic E-state index is 13.7. The van der Waals surface area contributed by atoms with E-state index in [1.165, 1.54) is 24.3 Å². The molecule has 1 aliphatic rings. The van der Waals surface area contributed by atoms with Crippen LogP contribution in [-0.2, 0) is 11.3 Å². The fourth-order valence-corrected chi connectivity index (χ4v) is 4.04. The van der Waals surface area contributed by atoms with Crippen molar-refractivity contribution in [2.24, 2.45) is 5.92 Å². The first-order valence-electron chi connectivity index (χ1n) is 9.25. The Kier molecular flexibility index (Phi) is 4.60. The predicted molar refractivity (Wildman–Crippen MR) is 100 cm³/mol. The van der Waals surface area contributed by atoms with Crippen molar-refractivity contribution in [2.45, 2.75) is 32.4 Å². The van der Waals surface area contributed by atoms with Crippen molar-refractivity contribution in [3.05, 3.63) is 48.0 Å². The molecule has 4 rings (SSSR count). The van der Waals surface area contributed by atoms with Gasteiger partial charge in [0.25, 0.3) is 0 Å². The second kappa shape index (κ2) is 6.93. The van der Waals surface area contributed by atoms with Crippen LogP contribution in [0.4, 0.5) is 8.78 Å². The van der Waals surface area contributed by atoms with Crippen LogP contribution in [-0.4, -0.2) is 39.7 Å². The molecule has 0 radical (unpaired) electrons. The van der Waals surface area contributed by atoms with E-state index in [9.17, 15) is 18.7 Å². The van der Waals surface area contributed by atoms with Crippen molar-refractivity contribution >= 4 is 27.7 Å². The molecule has 3 aromatic rings. The molecule has 0 unspecified atom stereocenters. The summed E-state index contributed by atoms with van der Waals surface area (Å²) in [5.74, 6) is -0.286. The number of rotatable bonds is 4. The highest BCUT2D eigenvalue weighted by atomic mass is 19.1. The van der Waals surface area contributed by atoms with E-state index in [1.807, 2.05) is 4.57 Å². The second-order valence-electron chi connectivity index (χ2n) is 7.53. The Balaban J connectivity index is 1.67. The third-order valence-electron chi connectivity index (χ3n) is 5.35. The summed E-state index contributed by atoms with van der Waals surface area (Å²) >= 11 is 0. The van der Waals surface area contributed by atoms with Crippen LogP contribution in [0.2, 0.25) is 0 Å². The van der Waals surface area contributed by atoms with E-state index in [4.69, 9.17) is 0 Å². The van der Waals surface area contributed by atoms with Gasteiger partial charge >= 0.3 is 0 Å². The lowest BCUT2D eigenvalue weighted by molar-refractivity contribution is -0.136. The van der Waals surface area contributed by atoms with Crippen LogP contribution in [0.1, 0.15) is 19.8 Å². The average Bonchev–Trinajstić information content (AvgIpc) is 2.90. The summed E-state index contributed by atoms with van der Waals surface area (Å²) in [6.07, 6.45) is 0.630. The number of fused-ring (bicyclic) bond motifs is 3. The molecule has 1 aliphatic heterocycles. The van der Waals surface area contributed by atoms with Crippen molar-refractivity contribution in [1.29, 1.82) is 0 Å². The molecule has 27 heavy (non-hydrogen) atoms. The zero-order chi connectivity index (χ0) is 19.1. The zero-order valence-corrected chi connectivity index (χ0v) is 15.2. The minimum absolute atomic E-state index is 0.0681. The molecule has 1 saturated heterocycles. The first kappa shape index (κ1) is 17.9. The fraction of sp³-hybridized carbons (Fsp3) is 0.381. The molecule has 0 aliphatic carbocycles. The number of carbonyl (C=O) groups excluding carboxylic acids is 1. The van der Waals surface area contributed by atoms with Crippen molar-refractivity contribution in [3.63, 3.8) is 0 Å². The minimum Gasteiger partial charge on any atom is -0.389 e. The molecule has 0 bridgehead atoms. The van der Waals surface area contributed by atoms with E-state index >= 15 is 0 Å². The lowest BCUT2D eigenvalue weighted by atomic mass is 9.99. The Hall–Kier alpha value is -2.47. The number of aliphatic hydroxyl groups is 1. The summed E-state index contributed by atoms with van der Waals surface area (Å²) in [5, 5.41) is 11.9. The van der Waals surface area contributed by atoms with E-state index < -0.39 is 6.10 Å². The number of likely N-dealkylation sites (tertiary alicyclic amines) is 1. The number of piperidine rings is 1. The molecule has 6 heteroatoms. The molecule has 142 valence electrons. The van der Waals surface area contributed by atoms with Gasteiger partial charge in [-0.1, -0.05) is 6.92 Å². The molecule has 0 spiro atoms. The Morgan fingerprint density at radius 2 is 1.67 bits per heavy atom. The first-order chi connectivity index (χ1) is 12.9. The number of aliphatic hydroxyl groups excluding tert-OH is 1. The number of amides is 1. The maximum Gasteiger partial charge on any atom is 0.222 e. The Morgan fingerprint density at radius 1 is 1.07 bits per heavy atom. The van der Waals surface area contributed by atoms with E-state index in [-0.39, 0.29) is 30.6 Å². The average molecular weight is 372 g/mol. The molecule has 4 nitrogen and oxygen atoms in total. The summed E-state index contributed by atoms with van der Waals surface area (Å²) in [5.41, 5.74) is 1.46. The van der Waals surface area contributed by atoms with Gasteiger partial charge in [0.15, 0.2) is 0 Å². The van der Waals surface area contributed by atoms with Gasteiger partial charge in [-0.3, -0.25) is 4.79 Å². The monoisotopic (exact) mass is 372 g/mol. The molecular formula is C21H22F2N2O2. The SMILES string of the molecule is C[C@H]1CCC(=O)N(C[C@@H](O)Cn2c3ccc(F)cc3c3cc(F)ccc32)C1. The van der Waals surface area contributed by atoms with Crippen LogP contribution in [0.15, 0.2) is 36.4 Å². The first-order valence-corrected chi connectivity index (χ1v) is 9.25. The molecule has 1 aromatic heterocycles. The topological polar surface area (TPSA) is 45.5 Å². The van der Waals surface area contributed by atoms with Gasteiger partial charge in [-0.25, -0.2) is 8.78 Å². The number of halogens is 2. The Labute approximate surface area is 156 Å². The molecular weight excluding hydrogens is 350 g/mol. The molecule has 1 fully saturated rings. The van der Waals surface area contributed by atoms with Gasteiger partial charge in [0.1, 0.15) is 11.6 Å². The van der Waals surface area contributed by atoms with Crippen LogP contribution >= 0.6 is 0 Å². The Morgan fingerprint density at radius 3 is 2.26 bits per heavy atom. The lowest BCUT2D eigenvalue weighted by Crippen LogP contribution is -2.44. The second-order valence-corrected chi connectivity index (χ2v) is 7.53. The van der Waals surface area contributed by atoms with Crippen LogP contribution in [0.5, 0.6) is 0 Å². The normalized spacial score (nSPS) is 19.2. The van der Waals surface area contributed by atoms with E-state index in [2.05, 4.69) is 6.92 Å². The van der Waals surface area contributed by atoms with E-state index in [0.29, 0.717) is 29.7 Å². The summed E-state index contributed by atoms with van der Waals surface area (Å²) in [6.45, 7) is 3.25. The maximum atomic E-state index is 13.7. The summed E-state index contributed by atoms with van der Waals surface area (Å²) in [7, 11) is 0. The smallest absolute Gasteiger partial charge is 0.222 e. The van der Waals surface area contributed by atoms with E-state index in [1.54, 1.807) is 17.0 Å². The number of aromatic nitrogens is 1. The number of nitrogens with zero attached hydrogens (tertiary/aromatic N) is 2. The van der Waals surface area contributed by atoms with Gasteiger partial charge in [-0.15, -0.1) is 0 Å². The van der Waals surface area contributed by atoms with Gasteiger partial charge in [-0.05, 0) is 48.7 Å². The molecule has 0 saturated carbocycles. The van der Waals surface area contributed by atoms with Gasteiger partial charge < -0.3 is 14.6 Å². The largest absolute Gasteiger partial charge is 0.389 e. The lowest BCUT2D eigenvalue weighted by Gasteiger charge is -2.32. The highest BCUT2D eigenvalue weighted by Gasteiger charge is 2.25. The van der Waals surface area contributed by atoms with Crippen molar-refractivity contribution in [1.82, 2.24) is 9.47 Å². The fourth-order valence-electron chi connectivity index (χ4n) is 4.04. The number of benzene rings is 2. The van der Waals surface area contributed by atoms with Crippen molar-refractivity contribution in [3.8, 4) is 0 Å². The van der Waals surface area contributed by atoms with Gasteiger partial charge in [0.2, 0.25) is 5.91 Å². The van der Waals surface area contributed by atoms with Gasteiger partial charge in [0, 0.05) is 41.3 Å². The Bertz CT molecular complexity index is 955. The molecule has 1 amide bonds. The number of hydrogen-bond donors (Lipinski definition) is 1. The molecule has 1 N–H and O–H groups in total. The molecule has 2 heterocycles.